The van der Waals surface area contributed by atoms with Crippen molar-refractivity contribution < 1.29 is 4.79 Å². The van der Waals surface area contributed by atoms with E-state index in [-0.39, 0.29) is 11.9 Å². The summed E-state index contributed by atoms with van der Waals surface area (Å²) in [6.45, 7) is 2.00. The van der Waals surface area contributed by atoms with Gasteiger partial charge in [0.2, 0.25) is 5.91 Å². The van der Waals surface area contributed by atoms with Crippen molar-refractivity contribution in [3.8, 4) is 0 Å². The van der Waals surface area contributed by atoms with Crippen LogP contribution >= 0.6 is 24.2 Å². The summed E-state index contributed by atoms with van der Waals surface area (Å²) in [5.74, 6) is 0.0781. The zero-order valence-electron chi connectivity index (χ0n) is 12.1. The van der Waals surface area contributed by atoms with E-state index >= 15 is 0 Å². The molecule has 110 valence electrons. The first-order valence-corrected chi connectivity index (χ1v) is 7.59. The Morgan fingerprint density at radius 1 is 1.24 bits per heavy atom. The third-order valence-electron chi connectivity index (χ3n) is 3.60. The summed E-state index contributed by atoms with van der Waals surface area (Å²) < 4.78 is 0. The van der Waals surface area contributed by atoms with Gasteiger partial charge < -0.3 is 4.90 Å². The minimum Gasteiger partial charge on any atom is -0.339 e. The average molecular weight is 320 g/mol. The Bertz CT molecular complexity index is 627. The highest BCUT2D eigenvalue weighted by molar-refractivity contribution is 7.80. The molecule has 0 aliphatic heterocycles. The fourth-order valence-electron chi connectivity index (χ4n) is 2.12. The molecule has 2 aromatic rings. The molecule has 0 heterocycles. The number of halogens is 1. The van der Waals surface area contributed by atoms with Gasteiger partial charge in [0.1, 0.15) is 0 Å². The number of nitrogens with zero attached hydrogens (tertiary/aromatic N) is 1. The first-order chi connectivity index (χ1) is 9.97. The van der Waals surface area contributed by atoms with Crippen LogP contribution < -0.4 is 0 Å². The first kappa shape index (κ1) is 15.9. The Kier molecular flexibility index (Phi) is 5.32. The SMILES string of the molecule is CC(c1cccc(Cl)c1)N(C)C(=O)Cc1ccc(S)cc1. The van der Waals surface area contributed by atoms with Crippen LogP contribution in [0.3, 0.4) is 0 Å². The fraction of sp³-hybridized carbons (Fsp3) is 0.235. The molecule has 0 aliphatic rings. The van der Waals surface area contributed by atoms with Gasteiger partial charge in [-0.05, 0) is 42.3 Å². The average Bonchev–Trinajstić information content (AvgIpc) is 2.48. The molecule has 0 bridgehead atoms. The van der Waals surface area contributed by atoms with Crippen LogP contribution in [0.5, 0.6) is 0 Å². The molecule has 0 radical (unpaired) electrons. The highest BCUT2D eigenvalue weighted by atomic mass is 35.5. The molecule has 0 saturated carbocycles. The minimum absolute atomic E-state index is 0.0136. The molecule has 0 aromatic heterocycles. The molecule has 0 fully saturated rings. The van der Waals surface area contributed by atoms with E-state index in [4.69, 9.17) is 11.6 Å². The lowest BCUT2D eigenvalue weighted by Crippen LogP contribution is -2.30. The first-order valence-electron chi connectivity index (χ1n) is 6.76. The van der Waals surface area contributed by atoms with E-state index in [1.54, 1.807) is 4.90 Å². The van der Waals surface area contributed by atoms with Crippen molar-refractivity contribution in [3.05, 3.63) is 64.7 Å². The highest BCUT2D eigenvalue weighted by Gasteiger charge is 2.17. The van der Waals surface area contributed by atoms with Gasteiger partial charge in [-0.2, -0.15) is 0 Å². The molecule has 2 rings (SSSR count). The summed E-state index contributed by atoms with van der Waals surface area (Å²) in [6, 6.07) is 15.2. The molecule has 2 nitrogen and oxygen atoms in total. The van der Waals surface area contributed by atoms with E-state index in [0.29, 0.717) is 11.4 Å². The summed E-state index contributed by atoms with van der Waals surface area (Å²) >= 11 is 10.3. The summed E-state index contributed by atoms with van der Waals surface area (Å²) in [5.41, 5.74) is 2.02. The number of likely N-dealkylation sites (N-methyl/N-ethyl adjacent to an activating group) is 1. The number of rotatable bonds is 4. The predicted molar refractivity (Wildman–Crippen MR) is 90.0 cm³/mol. The second-order valence-corrected chi connectivity index (χ2v) is 6.03. The molecule has 0 saturated heterocycles. The Hall–Kier alpha value is -1.45. The number of hydrogen-bond acceptors (Lipinski definition) is 2. The van der Waals surface area contributed by atoms with Crippen LogP contribution in [0.25, 0.3) is 0 Å². The maximum Gasteiger partial charge on any atom is 0.227 e. The van der Waals surface area contributed by atoms with E-state index in [0.717, 1.165) is 16.0 Å². The van der Waals surface area contributed by atoms with Crippen LogP contribution in [0.15, 0.2) is 53.4 Å². The highest BCUT2D eigenvalue weighted by Crippen LogP contribution is 2.22. The number of amides is 1. The summed E-state index contributed by atoms with van der Waals surface area (Å²) in [5, 5.41) is 0.685. The monoisotopic (exact) mass is 319 g/mol. The van der Waals surface area contributed by atoms with Crippen LogP contribution in [0.2, 0.25) is 5.02 Å². The third kappa shape index (κ3) is 4.26. The second kappa shape index (κ2) is 7.01. The van der Waals surface area contributed by atoms with E-state index < -0.39 is 0 Å². The van der Waals surface area contributed by atoms with Crippen molar-refractivity contribution in [2.45, 2.75) is 24.3 Å². The van der Waals surface area contributed by atoms with E-state index in [1.807, 2.05) is 62.5 Å². The molecule has 2 aromatic carbocycles. The number of carbonyl (C=O) groups excluding carboxylic acids is 1. The maximum atomic E-state index is 12.4. The Balaban J connectivity index is 2.06. The van der Waals surface area contributed by atoms with Gasteiger partial charge in [-0.25, -0.2) is 0 Å². The maximum absolute atomic E-state index is 12.4. The van der Waals surface area contributed by atoms with Crippen molar-refractivity contribution in [1.82, 2.24) is 4.90 Å². The largest absolute Gasteiger partial charge is 0.339 e. The summed E-state index contributed by atoms with van der Waals surface area (Å²) in [6.07, 6.45) is 0.384. The van der Waals surface area contributed by atoms with E-state index in [9.17, 15) is 4.79 Å². The van der Waals surface area contributed by atoms with Crippen LogP contribution in [-0.2, 0) is 11.2 Å². The van der Waals surface area contributed by atoms with Crippen molar-refractivity contribution in [1.29, 1.82) is 0 Å². The summed E-state index contributed by atoms with van der Waals surface area (Å²) in [7, 11) is 1.82. The number of benzene rings is 2. The normalized spacial score (nSPS) is 12.0. The van der Waals surface area contributed by atoms with Gasteiger partial charge in [0.15, 0.2) is 0 Å². The van der Waals surface area contributed by atoms with Crippen LogP contribution in [0.1, 0.15) is 24.1 Å². The van der Waals surface area contributed by atoms with Gasteiger partial charge in [-0.1, -0.05) is 35.9 Å². The molecule has 0 spiro atoms. The number of thiol groups is 1. The molecular weight excluding hydrogens is 302 g/mol. The lowest BCUT2D eigenvalue weighted by atomic mass is 10.1. The van der Waals surface area contributed by atoms with Gasteiger partial charge in [0.05, 0.1) is 12.5 Å². The smallest absolute Gasteiger partial charge is 0.227 e. The van der Waals surface area contributed by atoms with Crippen LogP contribution in [-0.4, -0.2) is 17.9 Å². The number of hydrogen-bond donors (Lipinski definition) is 1. The standard InChI is InChI=1S/C17H18ClNOS/c1-12(14-4-3-5-15(18)11-14)19(2)17(20)10-13-6-8-16(21)9-7-13/h3-9,11-12,21H,10H2,1-2H3. The Labute approximate surface area is 136 Å². The minimum atomic E-state index is -0.0136. The van der Waals surface area contributed by atoms with Crippen molar-refractivity contribution in [2.75, 3.05) is 7.05 Å². The molecule has 21 heavy (non-hydrogen) atoms. The number of carbonyl (C=O) groups is 1. The topological polar surface area (TPSA) is 20.3 Å². The second-order valence-electron chi connectivity index (χ2n) is 5.08. The fourth-order valence-corrected chi connectivity index (χ4v) is 2.47. The van der Waals surface area contributed by atoms with Gasteiger partial charge in [-0.15, -0.1) is 12.6 Å². The molecule has 1 atom stereocenters. The van der Waals surface area contributed by atoms with Gasteiger partial charge in [0.25, 0.3) is 0 Å². The van der Waals surface area contributed by atoms with Crippen LogP contribution in [0, 0.1) is 0 Å². The predicted octanol–water partition coefficient (Wildman–Crippen LogP) is 4.39. The van der Waals surface area contributed by atoms with Crippen LogP contribution in [0.4, 0.5) is 0 Å². The van der Waals surface area contributed by atoms with Gasteiger partial charge >= 0.3 is 0 Å². The molecule has 0 aliphatic carbocycles. The van der Waals surface area contributed by atoms with Crippen molar-refractivity contribution in [3.63, 3.8) is 0 Å². The molecule has 1 amide bonds. The lowest BCUT2D eigenvalue weighted by Gasteiger charge is -2.25. The molecule has 1 unspecified atom stereocenters. The molecule has 4 heteroatoms. The summed E-state index contributed by atoms with van der Waals surface area (Å²) in [4.78, 5) is 15.0. The lowest BCUT2D eigenvalue weighted by molar-refractivity contribution is -0.131. The van der Waals surface area contributed by atoms with E-state index in [2.05, 4.69) is 12.6 Å². The zero-order chi connectivity index (χ0) is 15.4. The third-order valence-corrected chi connectivity index (χ3v) is 4.13. The molecule has 0 N–H and O–H groups in total. The van der Waals surface area contributed by atoms with Crippen molar-refractivity contribution in [2.24, 2.45) is 0 Å². The Morgan fingerprint density at radius 2 is 1.90 bits per heavy atom. The van der Waals surface area contributed by atoms with Gasteiger partial charge in [0, 0.05) is 17.0 Å². The molecular formula is C17H18ClNOS. The van der Waals surface area contributed by atoms with Crippen molar-refractivity contribution >= 4 is 30.1 Å². The quantitative estimate of drug-likeness (QED) is 0.829. The Morgan fingerprint density at radius 3 is 2.52 bits per heavy atom. The van der Waals surface area contributed by atoms with E-state index in [1.165, 1.54) is 0 Å². The zero-order valence-corrected chi connectivity index (χ0v) is 13.7. The van der Waals surface area contributed by atoms with Gasteiger partial charge in [-0.3, -0.25) is 4.79 Å².